The third-order valence-corrected chi connectivity index (χ3v) is 2.62. The van der Waals surface area contributed by atoms with Crippen LogP contribution in [-0.4, -0.2) is 44.7 Å². The molecule has 18 heavy (non-hydrogen) atoms. The Labute approximate surface area is 131 Å². The Balaban J connectivity index is 0.00000289. The molecule has 1 aromatic rings. The van der Waals surface area contributed by atoms with Gasteiger partial charge >= 0.3 is 5.97 Å². The Bertz CT molecular complexity index is 391. The second-order valence-corrected chi connectivity index (χ2v) is 5.25. The summed E-state index contributed by atoms with van der Waals surface area (Å²) in [4.78, 5) is 11.7. The van der Waals surface area contributed by atoms with Crippen molar-refractivity contribution in [3.8, 4) is 0 Å². The predicted octanol–water partition coefficient (Wildman–Crippen LogP) is -0.708. The second-order valence-electron chi connectivity index (χ2n) is 4.98. The molecule has 1 aromatic carbocycles. The summed E-state index contributed by atoms with van der Waals surface area (Å²) in [6.45, 7) is 1.22. The fourth-order valence-electron chi connectivity index (χ4n) is 1.28. The van der Waals surface area contributed by atoms with E-state index < -0.39 is 0 Å². The molecule has 0 N–H and O–H groups in total. The minimum absolute atomic E-state index is 0. The van der Waals surface area contributed by atoms with E-state index in [4.69, 9.17) is 16.3 Å². The maximum atomic E-state index is 11.7. The number of carbonyl (C=O) groups is 1. The number of ether oxygens (including phenoxy) is 1. The first-order chi connectivity index (χ1) is 7.92. The van der Waals surface area contributed by atoms with E-state index >= 15 is 0 Å². The Morgan fingerprint density at radius 1 is 1.33 bits per heavy atom. The molecule has 0 aliphatic carbocycles. The number of likely N-dealkylation sites (N-methyl/N-ethyl adjacent to an activating group) is 1. The lowest BCUT2D eigenvalue weighted by molar-refractivity contribution is -0.870. The largest absolute Gasteiger partial charge is 1.00 e. The summed E-state index contributed by atoms with van der Waals surface area (Å²) in [6, 6.07) is 7.20. The zero-order valence-electron chi connectivity index (χ0n) is 11.0. The number of alkyl halides is 1. The van der Waals surface area contributed by atoms with Crippen molar-refractivity contribution in [2.75, 3.05) is 34.3 Å². The van der Waals surface area contributed by atoms with Crippen molar-refractivity contribution in [3.05, 3.63) is 35.4 Å². The number of halogens is 2. The molecular formula is C13H19ClINO2. The molecule has 0 bridgehead atoms. The molecule has 0 unspecified atom stereocenters. The van der Waals surface area contributed by atoms with Gasteiger partial charge in [0.25, 0.3) is 0 Å². The maximum absolute atomic E-state index is 11.7. The van der Waals surface area contributed by atoms with E-state index in [9.17, 15) is 4.79 Å². The number of benzene rings is 1. The van der Waals surface area contributed by atoms with Crippen molar-refractivity contribution in [1.82, 2.24) is 0 Å². The average molecular weight is 384 g/mol. The Hall–Kier alpha value is -0.330. The first-order valence-corrected chi connectivity index (χ1v) is 6.08. The third kappa shape index (κ3) is 6.56. The first kappa shape index (κ1) is 17.7. The molecule has 0 fully saturated rings. The highest BCUT2D eigenvalue weighted by atomic mass is 127. The first-order valence-electron chi connectivity index (χ1n) is 5.55. The molecule has 5 heteroatoms. The van der Waals surface area contributed by atoms with E-state index in [2.05, 4.69) is 21.1 Å². The predicted molar refractivity (Wildman–Crippen MR) is 69.2 cm³/mol. The molecule has 0 spiro atoms. The van der Waals surface area contributed by atoms with Crippen LogP contribution in [-0.2, 0) is 10.6 Å². The van der Waals surface area contributed by atoms with Crippen molar-refractivity contribution in [2.45, 2.75) is 5.88 Å². The van der Waals surface area contributed by atoms with Crippen LogP contribution in [0, 0.1) is 0 Å². The maximum Gasteiger partial charge on any atom is 0.338 e. The van der Waals surface area contributed by atoms with Gasteiger partial charge in [-0.05, 0) is 17.7 Å². The molecule has 0 aliphatic heterocycles. The lowest BCUT2D eigenvalue weighted by Crippen LogP contribution is -3.00. The van der Waals surface area contributed by atoms with Gasteiger partial charge in [0, 0.05) is 5.88 Å². The highest BCUT2D eigenvalue weighted by molar-refractivity contribution is 6.17. The fourth-order valence-corrected chi connectivity index (χ4v) is 1.44. The SMILES string of the molecule is C[N+](C)(C)CCOC(=O)c1cccc(CCl)c1.[I-]. The molecule has 0 heterocycles. The van der Waals surface area contributed by atoms with Gasteiger partial charge in [-0.25, -0.2) is 4.79 Å². The minimum atomic E-state index is -0.287. The monoisotopic (exact) mass is 383 g/mol. The third-order valence-electron chi connectivity index (χ3n) is 2.31. The minimum Gasteiger partial charge on any atom is -1.00 e. The van der Waals surface area contributed by atoms with Gasteiger partial charge < -0.3 is 33.2 Å². The van der Waals surface area contributed by atoms with Gasteiger partial charge in [-0.15, -0.1) is 11.6 Å². The zero-order valence-corrected chi connectivity index (χ0v) is 13.9. The van der Waals surface area contributed by atoms with Gasteiger partial charge in [0.2, 0.25) is 0 Å². The molecule has 3 nitrogen and oxygen atoms in total. The normalized spacial score (nSPS) is 10.7. The van der Waals surface area contributed by atoms with E-state index in [0.29, 0.717) is 18.1 Å². The van der Waals surface area contributed by atoms with Crippen LogP contribution in [0.2, 0.25) is 0 Å². The molecule has 0 saturated carbocycles. The molecular weight excluding hydrogens is 365 g/mol. The van der Waals surface area contributed by atoms with Crippen LogP contribution in [0.1, 0.15) is 15.9 Å². The van der Waals surface area contributed by atoms with Crippen LogP contribution >= 0.6 is 11.6 Å². The van der Waals surface area contributed by atoms with E-state index in [1.165, 1.54) is 0 Å². The zero-order chi connectivity index (χ0) is 12.9. The average Bonchev–Trinajstić information content (AvgIpc) is 2.27. The van der Waals surface area contributed by atoms with Gasteiger partial charge in [-0.3, -0.25) is 0 Å². The number of rotatable bonds is 5. The van der Waals surface area contributed by atoms with Crippen molar-refractivity contribution in [1.29, 1.82) is 0 Å². The summed E-state index contributed by atoms with van der Waals surface area (Å²) in [5.74, 6) is 0.116. The van der Waals surface area contributed by atoms with Crippen molar-refractivity contribution >= 4 is 17.6 Å². The quantitative estimate of drug-likeness (QED) is 0.291. The molecule has 1 rings (SSSR count). The number of nitrogens with zero attached hydrogens (tertiary/aromatic N) is 1. The molecule has 0 saturated heterocycles. The molecule has 102 valence electrons. The fraction of sp³-hybridized carbons (Fsp3) is 0.462. The Morgan fingerprint density at radius 3 is 2.56 bits per heavy atom. The molecule has 0 amide bonds. The highest BCUT2D eigenvalue weighted by Crippen LogP contribution is 2.09. The highest BCUT2D eigenvalue weighted by Gasteiger charge is 2.11. The lowest BCUT2D eigenvalue weighted by atomic mass is 10.1. The summed E-state index contributed by atoms with van der Waals surface area (Å²) in [5, 5.41) is 0. The number of esters is 1. The molecule has 0 aliphatic rings. The topological polar surface area (TPSA) is 26.3 Å². The van der Waals surface area contributed by atoms with Gasteiger partial charge in [0.1, 0.15) is 13.2 Å². The number of hydrogen-bond acceptors (Lipinski definition) is 2. The van der Waals surface area contributed by atoms with Gasteiger partial charge in [0.05, 0.1) is 26.7 Å². The van der Waals surface area contributed by atoms with Crippen LogP contribution in [0.25, 0.3) is 0 Å². The van der Waals surface area contributed by atoms with Crippen molar-refractivity contribution in [2.24, 2.45) is 0 Å². The van der Waals surface area contributed by atoms with E-state index in [-0.39, 0.29) is 29.9 Å². The Kier molecular flexibility index (Phi) is 7.82. The summed E-state index contributed by atoms with van der Waals surface area (Å²) < 4.78 is 5.98. The van der Waals surface area contributed by atoms with Crippen molar-refractivity contribution < 1.29 is 38.0 Å². The standard InChI is InChI=1S/C13H19ClNO2.HI/c1-15(2,3)7-8-17-13(16)12-6-4-5-11(9-12)10-14;/h4-6,9H,7-8,10H2,1-3H3;1H/q+1;/p-1. The number of carbonyl (C=O) groups excluding carboxylic acids is 1. The number of hydrogen-bond donors (Lipinski definition) is 0. The van der Waals surface area contributed by atoms with Crippen LogP contribution < -0.4 is 24.0 Å². The van der Waals surface area contributed by atoms with Gasteiger partial charge in [-0.1, -0.05) is 12.1 Å². The van der Waals surface area contributed by atoms with Crippen LogP contribution in [0.5, 0.6) is 0 Å². The van der Waals surface area contributed by atoms with Gasteiger partial charge in [-0.2, -0.15) is 0 Å². The Morgan fingerprint density at radius 2 is 2.00 bits per heavy atom. The van der Waals surface area contributed by atoms with Crippen LogP contribution in [0.3, 0.4) is 0 Å². The summed E-state index contributed by atoms with van der Waals surface area (Å²) in [6.07, 6.45) is 0. The molecule has 0 atom stereocenters. The molecule has 0 radical (unpaired) electrons. The number of quaternary nitrogens is 1. The van der Waals surface area contributed by atoms with Crippen molar-refractivity contribution in [3.63, 3.8) is 0 Å². The van der Waals surface area contributed by atoms with E-state index in [1.54, 1.807) is 12.1 Å². The lowest BCUT2D eigenvalue weighted by Gasteiger charge is -2.23. The molecule has 0 aromatic heterocycles. The van der Waals surface area contributed by atoms with E-state index in [1.807, 2.05) is 12.1 Å². The van der Waals surface area contributed by atoms with Gasteiger partial charge in [0.15, 0.2) is 0 Å². The second kappa shape index (κ2) is 7.96. The summed E-state index contributed by atoms with van der Waals surface area (Å²) in [5.41, 5.74) is 1.48. The summed E-state index contributed by atoms with van der Waals surface area (Å²) in [7, 11) is 6.17. The van der Waals surface area contributed by atoms with E-state index in [0.717, 1.165) is 16.6 Å². The summed E-state index contributed by atoms with van der Waals surface area (Å²) >= 11 is 5.71. The smallest absolute Gasteiger partial charge is 0.338 e. The van der Waals surface area contributed by atoms with Crippen LogP contribution in [0.15, 0.2) is 24.3 Å². The van der Waals surface area contributed by atoms with Crippen LogP contribution in [0.4, 0.5) is 0 Å².